The summed E-state index contributed by atoms with van der Waals surface area (Å²) in [5.41, 5.74) is 5.95. The van der Waals surface area contributed by atoms with Gasteiger partial charge in [0.2, 0.25) is 0 Å². The lowest BCUT2D eigenvalue weighted by Gasteiger charge is -2.25. The van der Waals surface area contributed by atoms with E-state index in [1.807, 2.05) is 36.1 Å². The summed E-state index contributed by atoms with van der Waals surface area (Å²) in [7, 11) is 0. The normalized spacial score (nSPS) is 19.6. The Morgan fingerprint density at radius 3 is 2.91 bits per heavy atom. The SMILES string of the molecule is Cc1cccc([C@H](C(=O)O)N2CC[C@@H](OCCCCCc3ccc4c(n3)CCCC4)C2)c1. The minimum absolute atomic E-state index is 0.129. The number of carboxylic acids is 1. The summed E-state index contributed by atoms with van der Waals surface area (Å²) in [6.07, 6.45) is 10.3. The Morgan fingerprint density at radius 1 is 1.19 bits per heavy atom. The first-order valence-electron chi connectivity index (χ1n) is 12.2. The molecule has 1 aromatic heterocycles. The molecule has 2 atom stereocenters. The van der Waals surface area contributed by atoms with Crippen LogP contribution < -0.4 is 0 Å². The Balaban J connectivity index is 1.16. The smallest absolute Gasteiger partial charge is 0.325 e. The topological polar surface area (TPSA) is 62.7 Å². The second-order valence-electron chi connectivity index (χ2n) is 9.36. The molecule has 0 saturated carbocycles. The molecule has 5 heteroatoms. The molecule has 2 aromatic rings. The Bertz CT molecular complexity index is 914. The minimum Gasteiger partial charge on any atom is -0.480 e. The molecule has 1 fully saturated rings. The number of likely N-dealkylation sites (tertiary alicyclic amines) is 1. The summed E-state index contributed by atoms with van der Waals surface area (Å²) in [5, 5.41) is 9.81. The molecule has 0 bridgehead atoms. The number of aliphatic carboxylic acids is 1. The molecule has 32 heavy (non-hydrogen) atoms. The van der Waals surface area contributed by atoms with Crippen molar-refractivity contribution in [1.29, 1.82) is 0 Å². The lowest BCUT2D eigenvalue weighted by atomic mass is 9.95. The second-order valence-corrected chi connectivity index (χ2v) is 9.36. The molecule has 172 valence electrons. The van der Waals surface area contributed by atoms with Crippen LogP contribution in [0, 0.1) is 6.92 Å². The van der Waals surface area contributed by atoms with Gasteiger partial charge in [-0.1, -0.05) is 42.3 Å². The van der Waals surface area contributed by atoms with Crippen LogP contribution >= 0.6 is 0 Å². The number of unbranched alkanes of at least 4 members (excludes halogenated alkanes) is 2. The Labute approximate surface area is 191 Å². The average Bonchev–Trinajstić information content (AvgIpc) is 3.24. The van der Waals surface area contributed by atoms with Crippen LogP contribution in [0.2, 0.25) is 0 Å². The van der Waals surface area contributed by atoms with Crippen LogP contribution in [-0.2, 0) is 28.8 Å². The fourth-order valence-electron chi connectivity index (χ4n) is 5.08. The zero-order valence-electron chi connectivity index (χ0n) is 19.3. The molecule has 5 nitrogen and oxygen atoms in total. The molecule has 0 spiro atoms. The first-order valence-corrected chi connectivity index (χ1v) is 12.2. The number of carbonyl (C=O) groups is 1. The van der Waals surface area contributed by atoms with E-state index < -0.39 is 12.0 Å². The molecule has 0 radical (unpaired) electrons. The standard InChI is InChI=1S/C27H36N2O3/c1-20-8-7-10-22(18-20)26(27(30)31)29-16-15-24(19-29)32-17-6-2-3-11-23-14-13-21-9-4-5-12-25(21)28-23/h7-8,10,13-14,18,24,26H,2-6,9,11-12,15-17,19H2,1H3,(H,30,31)/t24-,26-/m1/s1. The van der Waals surface area contributed by atoms with Crippen LogP contribution in [0.5, 0.6) is 0 Å². The van der Waals surface area contributed by atoms with Gasteiger partial charge in [-0.05, 0) is 75.5 Å². The summed E-state index contributed by atoms with van der Waals surface area (Å²) >= 11 is 0. The summed E-state index contributed by atoms with van der Waals surface area (Å²) in [5.74, 6) is -0.785. The van der Waals surface area contributed by atoms with Crippen molar-refractivity contribution in [3.05, 3.63) is 64.5 Å². The van der Waals surface area contributed by atoms with Crippen LogP contribution in [0.3, 0.4) is 0 Å². The Morgan fingerprint density at radius 2 is 2.06 bits per heavy atom. The summed E-state index contributed by atoms with van der Waals surface area (Å²) in [4.78, 5) is 18.9. The van der Waals surface area contributed by atoms with Crippen LogP contribution in [0.25, 0.3) is 0 Å². The fraction of sp³-hybridized carbons (Fsp3) is 0.556. The van der Waals surface area contributed by atoms with Crippen LogP contribution in [0.1, 0.15) is 72.6 Å². The lowest BCUT2D eigenvalue weighted by molar-refractivity contribution is -0.143. The van der Waals surface area contributed by atoms with Crippen molar-refractivity contribution in [3.8, 4) is 0 Å². The van der Waals surface area contributed by atoms with E-state index in [9.17, 15) is 9.90 Å². The number of aryl methyl sites for hydroxylation is 4. The molecular weight excluding hydrogens is 400 g/mol. The first kappa shape index (κ1) is 22.9. The maximum Gasteiger partial charge on any atom is 0.325 e. The highest BCUT2D eigenvalue weighted by Gasteiger charge is 2.33. The van der Waals surface area contributed by atoms with E-state index in [-0.39, 0.29) is 6.10 Å². The van der Waals surface area contributed by atoms with E-state index in [0.717, 1.165) is 62.8 Å². The third kappa shape index (κ3) is 5.96. The number of hydrogen-bond donors (Lipinski definition) is 1. The molecule has 0 unspecified atom stereocenters. The molecule has 1 N–H and O–H groups in total. The zero-order chi connectivity index (χ0) is 22.3. The number of rotatable bonds is 10. The van der Waals surface area contributed by atoms with Gasteiger partial charge >= 0.3 is 5.97 Å². The fourth-order valence-corrected chi connectivity index (χ4v) is 5.08. The van der Waals surface area contributed by atoms with E-state index >= 15 is 0 Å². The molecular formula is C27H36N2O3. The van der Waals surface area contributed by atoms with E-state index in [1.165, 1.54) is 36.2 Å². The summed E-state index contributed by atoms with van der Waals surface area (Å²) in [6, 6.07) is 11.7. The molecule has 4 rings (SSSR count). The molecule has 2 heterocycles. The maximum absolute atomic E-state index is 11.9. The van der Waals surface area contributed by atoms with Crippen molar-refractivity contribution in [3.63, 3.8) is 0 Å². The highest BCUT2D eigenvalue weighted by molar-refractivity contribution is 5.75. The van der Waals surface area contributed by atoms with Gasteiger partial charge in [-0.25, -0.2) is 0 Å². The summed E-state index contributed by atoms with van der Waals surface area (Å²) < 4.78 is 6.10. The molecule has 1 saturated heterocycles. The Kier molecular flexibility index (Phi) is 7.93. The number of aromatic nitrogens is 1. The predicted octanol–water partition coefficient (Wildman–Crippen LogP) is 4.90. The quantitative estimate of drug-likeness (QED) is 0.537. The van der Waals surface area contributed by atoms with E-state index in [2.05, 4.69) is 12.1 Å². The number of fused-ring (bicyclic) bond motifs is 1. The zero-order valence-corrected chi connectivity index (χ0v) is 19.3. The van der Waals surface area contributed by atoms with Gasteiger partial charge in [0.15, 0.2) is 0 Å². The molecule has 2 aliphatic rings. The van der Waals surface area contributed by atoms with Crippen molar-refractivity contribution in [2.75, 3.05) is 19.7 Å². The van der Waals surface area contributed by atoms with Crippen molar-refractivity contribution in [2.45, 2.75) is 76.9 Å². The highest BCUT2D eigenvalue weighted by Crippen LogP contribution is 2.27. The largest absolute Gasteiger partial charge is 0.480 e. The molecule has 1 aliphatic carbocycles. The molecule has 0 amide bonds. The van der Waals surface area contributed by atoms with Crippen LogP contribution in [0.4, 0.5) is 0 Å². The van der Waals surface area contributed by atoms with Gasteiger partial charge < -0.3 is 9.84 Å². The van der Waals surface area contributed by atoms with Gasteiger partial charge in [0.1, 0.15) is 6.04 Å². The lowest BCUT2D eigenvalue weighted by Crippen LogP contribution is -2.33. The second kappa shape index (κ2) is 11.1. The number of nitrogens with zero attached hydrogens (tertiary/aromatic N) is 2. The maximum atomic E-state index is 11.9. The molecule has 1 aliphatic heterocycles. The monoisotopic (exact) mass is 436 g/mol. The number of ether oxygens (including phenoxy) is 1. The van der Waals surface area contributed by atoms with Crippen molar-refractivity contribution >= 4 is 5.97 Å². The van der Waals surface area contributed by atoms with Gasteiger partial charge in [-0.3, -0.25) is 14.7 Å². The van der Waals surface area contributed by atoms with Crippen LogP contribution in [-0.4, -0.2) is 46.8 Å². The van der Waals surface area contributed by atoms with E-state index in [4.69, 9.17) is 9.72 Å². The van der Waals surface area contributed by atoms with Gasteiger partial charge in [0, 0.05) is 31.1 Å². The minimum atomic E-state index is -0.785. The average molecular weight is 437 g/mol. The number of pyridine rings is 1. The number of hydrogen-bond acceptors (Lipinski definition) is 4. The molecule has 1 aromatic carbocycles. The van der Waals surface area contributed by atoms with Crippen molar-refractivity contribution in [2.24, 2.45) is 0 Å². The van der Waals surface area contributed by atoms with Gasteiger partial charge in [-0.15, -0.1) is 0 Å². The van der Waals surface area contributed by atoms with Crippen molar-refractivity contribution < 1.29 is 14.6 Å². The van der Waals surface area contributed by atoms with Crippen LogP contribution in [0.15, 0.2) is 36.4 Å². The first-order chi connectivity index (χ1) is 15.6. The summed E-state index contributed by atoms with van der Waals surface area (Å²) in [6.45, 7) is 4.20. The predicted molar refractivity (Wildman–Crippen MR) is 126 cm³/mol. The highest BCUT2D eigenvalue weighted by atomic mass is 16.5. The van der Waals surface area contributed by atoms with Gasteiger partial charge in [0.05, 0.1) is 6.10 Å². The third-order valence-electron chi connectivity index (χ3n) is 6.80. The van der Waals surface area contributed by atoms with Gasteiger partial charge in [-0.2, -0.15) is 0 Å². The Hall–Kier alpha value is -2.24. The third-order valence-corrected chi connectivity index (χ3v) is 6.80. The number of benzene rings is 1. The van der Waals surface area contributed by atoms with Gasteiger partial charge in [0.25, 0.3) is 0 Å². The van der Waals surface area contributed by atoms with E-state index in [0.29, 0.717) is 6.54 Å². The van der Waals surface area contributed by atoms with E-state index in [1.54, 1.807) is 0 Å². The number of carboxylic acid groups (broad SMARTS) is 1. The van der Waals surface area contributed by atoms with Crippen molar-refractivity contribution in [1.82, 2.24) is 9.88 Å².